The molecule has 3 heterocycles. The molecule has 1 atom stereocenters. The lowest BCUT2D eigenvalue weighted by Gasteiger charge is -2.34. The molecule has 152 valence electrons. The Labute approximate surface area is 173 Å². The van der Waals surface area contributed by atoms with Crippen molar-refractivity contribution in [1.82, 2.24) is 10.2 Å². The van der Waals surface area contributed by atoms with Gasteiger partial charge in [0.15, 0.2) is 11.2 Å². The first-order valence-electron chi connectivity index (χ1n) is 9.71. The topological polar surface area (TPSA) is 71.8 Å². The molecule has 6 nitrogen and oxygen atoms in total. The molecule has 1 aliphatic heterocycles. The summed E-state index contributed by atoms with van der Waals surface area (Å²) in [4.78, 5) is 28.8. The van der Waals surface area contributed by atoms with Gasteiger partial charge in [-0.1, -0.05) is 6.07 Å². The van der Waals surface area contributed by atoms with E-state index in [0.717, 1.165) is 24.2 Å². The molecule has 29 heavy (non-hydrogen) atoms. The third kappa shape index (κ3) is 4.27. The molecule has 1 amide bonds. The number of rotatable bonds is 5. The average molecular weight is 413 g/mol. The summed E-state index contributed by atoms with van der Waals surface area (Å²) in [7, 11) is 0. The number of thiophene rings is 1. The van der Waals surface area contributed by atoms with Crippen LogP contribution >= 0.6 is 11.3 Å². The highest BCUT2D eigenvalue weighted by atomic mass is 32.1. The minimum Gasteiger partial charge on any atom is -0.451 e. The first kappa shape index (κ1) is 19.8. The molecule has 0 saturated carbocycles. The SMILES string of the molecule is Cc1cc2oc(C(=O)NC[C@H](c3cccs3)N3CCOCC3)cc(=O)c2cc1C. The summed E-state index contributed by atoms with van der Waals surface area (Å²) in [6.45, 7) is 7.36. The smallest absolute Gasteiger partial charge is 0.287 e. The first-order valence-corrected chi connectivity index (χ1v) is 10.6. The van der Waals surface area contributed by atoms with Gasteiger partial charge in [-0.25, -0.2) is 0 Å². The van der Waals surface area contributed by atoms with Gasteiger partial charge in [0.05, 0.1) is 24.6 Å². The number of carbonyl (C=O) groups is 1. The summed E-state index contributed by atoms with van der Waals surface area (Å²) in [5.74, 6) is -0.338. The van der Waals surface area contributed by atoms with Crippen molar-refractivity contribution in [1.29, 1.82) is 0 Å². The minimum atomic E-state index is -0.378. The Morgan fingerprint density at radius 2 is 1.97 bits per heavy atom. The van der Waals surface area contributed by atoms with Gasteiger partial charge >= 0.3 is 0 Å². The fourth-order valence-corrected chi connectivity index (χ4v) is 4.44. The van der Waals surface area contributed by atoms with Crippen molar-refractivity contribution in [3.8, 4) is 0 Å². The predicted molar refractivity (Wildman–Crippen MR) is 114 cm³/mol. The lowest BCUT2D eigenvalue weighted by atomic mass is 10.1. The Balaban J connectivity index is 1.55. The van der Waals surface area contributed by atoms with Crippen LogP contribution in [0.3, 0.4) is 0 Å². The van der Waals surface area contributed by atoms with Gasteiger partial charge < -0.3 is 14.5 Å². The maximum absolute atomic E-state index is 12.8. The molecule has 1 N–H and O–H groups in total. The number of aryl methyl sites for hydroxylation is 2. The highest BCUT2D eigenvalue weighted by Crippen LogP contribution is 2.25. The second kappa shape index (κ2) is 8.49. The van der Waals surface area contributed by atoms with E-state index in [9.17, 15) is 9.59 Å². The number of morpholine rings is 1. The maximum atomic E-state index is 12.8. The first-order chi connectivity index (χ1) is 14.0. The number of hydrogen-bond donors (Lipinski definition) is 1. The summed E-state index contributed by atoms with van der Waals surface area (Å²) in [5.41, 5.74) is 2.27. The molecular weight excluding hydrogens is 388 g/mol. The zero-order chi connectivity index (χ0) is 20.4. The highest BCUT2D eigenvalue weighted by molar-refractivity contribution is 7.10. The van der Waals surface area contributed by atoms with Gasteiger partial charge in [0.2, 0.25) is 0 Å². The fraction of sp³-hybridized carbons (Fsp3) is 0.364. The van der Waals surface area contributed by atoms with E-state index < -0.39 is 0 Å². The van der Waals surface area contributed by atoms with Gasteiger partial charge in [-0.2, -0.15) is 0 Å². The van der Waals surface area contributed by atoms with E-state index in [1.165, 1.54) is 10.9 Å². The number of fused-ring (bicyclic) bond motifs is 1. The molecule has 1 saturated heterocycles. The van der Waals surface area contributed by atoms with E-state index >= 15 is 0 Å². The van der Waals surface area contributed by atoms with E-state index in [0.29, 0.717) is 30.7 Å². The zero-order valence-corrected chi connectivity index (χ0v) is 17.4. The molecular formula is C22H24N2O4S. The normalized spacial score (nSPS) is 16.1. The van der Waals surface area contributed by atoms with Gasteiger partial charge in [0.1, 0.15) is 5.58 Å². The highest BCUT2D eigenvalue weighted by Gasteiger charge is 2.24. The molecule has 1 aromatic carbocycles. The van der Waals surface area contributed by atoms with Gasteiger partial charge in [-0.15, -0.1) is 11.3 Å². The molecule has 2 aromatic heterocycles. The van der Waals surface area contributed by atoms with Crippen LogP contribution in [0.5, 0.6) is 0 Å². The monoisotopic (exact) mass is 412 g/mol. The summed E-state index contributed by atoms with van der Waals surface area (Å²) >= 11 is 1.67. The van der Waals surface area contributed by atoms with Gasteiger partial charge in [-0.3, -0.25) is 14.5 Å². The lowest BCUT2D eigenvalue weighted by Crippen LogP contribution is -2.43. The van der Waals surface area contributed by atoms with Gasteiger partial charge in [0.25, 0.3) is 5.91 Å². The molecule has 0 unspecified atom stereocenters. The van der Waals surface area contributed by atoms with E-state index in [1.54, 1.807) is 11.3 Å². The van der Waals surface area contributed by atoms with Crippen LogP contribution in [0.15, 0.2) is 44.9 Å². The van der Waals surface area contributed by atoms with Crippen molar-refractivity contribution >= 4 is 28.2 Å². The second-order valence-electron chi connectivity index (χ2n) is 7.30. The summed E-state index contributed by atoms with van der Waals surface area (Å²) in [5, 5.41) is 5.49. The van der Waals surface area contributed by atoms with Crippen molar-refractivity contribution < 1.29 is 13.9 Å². The molecule has 0 aliphatic carbocycles. The molecule has 0 bridgehead atoms. The molecule has 0 spiro atoms. The Bertz CT molecular complexity index is 1070. The molecule has 4 rings (SSSR count). The van der Waals surface area contributed by atoms with Crippen LogP contribution in [-0.2, 0) is 4.74 Å². The quantitative estimate of drug-likeness (QED) is 0.696. The van der Waals surface area contributed by atoms with Crippen LogP contribution in [-0.4, -0.2) is 43.7 Å². The maximum Gasteiger partial charge on any atom is 0.287 e. The van der Waals surface area contributed by atoms with Crippen LogP contribution in [0.1, 0.15) is 32.6 Å². The lowest BCUT2D eigenvalue weighted by molar-refractivity contribution is 0.0168. The number of carbonyl (C=O) groups excluding carboxylic acids is 1. The number of benzene rings is 1. The van der Waals surface area contributed by atoms with E-state index in [1.807, 2.05) is 37.4 Å². The van der Waals surface area contributed by atoms with Crippen molar-refractivity contribution in [3.63, 3.8) is 0 Å². The molecule has 1 fully saturated rings. The molecule has 1 aliphatic rings. The van der Waals surface area contributed by atoms with E-state index in [-0.39, 0.29) is 23.1 Å². The summed E-state index contributed by atoms with van der Waals surface area (Å²) in [6, 6.07) is 9.07. The van der Waals surface area contributed by atoms with Crippen molar-refractivity contribution in [2.75, 3.05) is 32.8 Å². The van der Waals surface area contributed by atoms with Crippen molar-refractivity contribution in [3.05, 3.63) is 67.7 Å². The van der Waals surface area contributed by atoms with E-state index in [2.05, 4.69) is 16.3 Å². The third-order valence-corrected chi connectivity index (χ3v) is 6.35. The van der Waals surface area contributed by atoms with Crippen LogP contribution in [0.4, 0.5) is 0 Å². The minimum absolute atomic E-state index is 0.0395. The van der Waals surface area contributed by atoms with E-state index in [4.69, 9.17) is 9.15 Å². The van der Waals surface area contributed by atoms with Crippen LogP contribution in [0.25, 0.3) is 11.0 Å². The number of amides is 1. The number of hydrogen-bond acceptors (Lipinski definition) is 6. The standard InChI is InChI=1S/C22H24N2O4S/c1-14-10-16-18(25)12-20(28-19(16)11-15(14)2)22(26)23-13-17(21-4-3-9-29-21)24-5-7-27-8-6-24/h3-4,9-12,17H,5-8,13H2,1-2H3,(H,23,26)/t17-/m1/s1. The third-order valence-electron chi connectivity index (χ3n) is 5.38. The fourth-order valence-electron chi connectivity index (χ4n) is 3.58. The van der Waals surface area contributed by atoms with Crippen LogP contribution in [0.2, 0.25) is 0 Å². The molecule has 3 aromatic rings. The van der Waals surface area contributed by atoms with Crippen molar-refractivity contribution in [2.45, 2.75) is 19.9 Å². The second-order valence-corrected chi connectivity index (χ2v) is 8.28. The largest absolute Gasteiger partial charge is 0.451 e. The summed E-state index contributed by atoms with van der Waals surface area (Å²) < 4.78 is 11.2. The molecule has 0 radical (unpaired) electrons. The Morgan fingerprint density at radius 3 is 2.69 bits per heavy atom. The zero-order valence-electron chi connectivity index (χ0n) is 16.6. The van der Waals surface area contributed by atoms with Gasteiger partial charge in [-0.05, 0) is 48.6 Å². The predicted octanol–water partition coefficient (Wildman–Crippen LogP) is 3.27. The number of nitrogens with zero attached hydrogens (tertiary/aromatic N) is 1. The van der Waals surface area contributed by atoms with Crippen LogP contribution < -0.4 is 10.7 Å². The van der Waals surface area contributed by atoms with Gasteiger partial charge in [0, 0.05) is 30.6 Å². The Kier molecular flexibility index (Phi) is 5.80. The number of nitrogens with one attached hydrogen (secondary N) is 1. The van der Waals surface area contributed by atoms with Crippen LogP contribution in [0, 0.1) is 13.8 Å². The van der Waals surface area contributed by atoms with Crippen molar-refractivity contribution in [2.24, 2.45) is 0 Å². The average Bonchev–Trinajstić information content (AvgIpc) is 3.25. The Morgan fingerprint density at radius 1 is 1.21 bits per heavy atom. The number of ether oxygens (including phenoxy) is 1. The Hall–Kier alpha value is -2.48. The summed E-state index contributed by atoms with van der Waals surface area (Å²) in [6.07, 6.45) is 0. The molecule has 7 heteroatoms.